The summed E-state index contributed by atoms with van der Waals surface area (Å²) < 4.78 is 7.90. The molecule has 3 aromatic carbocycles. The van der Waals surface area contributed by atoms with Gasteiger partial charge in [-0.05, 0) is 28.5 Å². The topological polar surface area (TPSA) is 45.4 Å². The second-order valence-electron chi connectivity index (χ2n) is 7.75. The standard InChI is InChI=1S/C24H26N4O/c1-2-9-21-19(6-1)7-5-8-20(21)18-25-24-26-22-10-3-4-11-23(22)28(24)13-12-27-14-16-29-17-15-27/h1-11H,12-18H2,(H,25,26)/p+2. The van der Waals surface area contributed by atoms with Gasteiger partial charge < -0.3 is 9.64 Å². The van der Waals surface area contributed by atoms with Crippen LogP contribution in [0.1, 0.15) is 5.56 Å². The third-order valence-electron chi connectivity index (χ3n) is 5.93. The van der Waals surface area contributed by atoms with Gasteiger partial charge in [0.1, 0.15) is 37.2 Å². The third-order valence-corrected chi connectivity index (χ3v) is 5.93. The number of aromatic amines is 1. The Labute approximate surface area is 170 Å². The van der Waals surface area contributed by atoms with Crippen LogP contribution in [0.15, 0.2) is 66.7 Å². The van der Waals surface area contributed by atoms with Gasteiger partial charge in [0, 0.05) is 0 Å². The number of rotatable bonds is 6. The maximum atomic E-state index is 5.51. The van der Waals surface area contributed by atoms with Crippen molar-refractivity contribution in [2.75, 3.05) is 38.2 Å². The molecule has 0 spiro atoms. The van der Waals surface area contributed by atoms with E-state index in [2.05, 4.69) is 81.6 Å². The molecular formula is C24H28N4O+2. The lowest BCUT2D eigenvalue weighted by Gasteiger charge is -2.23. The lowest BCUT2D eigenvalue weighted by molar-refractivity contribution is -0.923. The first-order valence-corrected chi connectivity index (χ1v) is 10.5. The molecule has 1 fully saturated rings. The van der Waals surface area contributed by atoms with E-state index in [0.29, 0.717) is 0 Å². The van der Waals surface area contributed by atoms with Crippen molar-refractivity contribution in [1.82, 2.24) is 4.98 Å². The highest BCUT2D eigenvalue weighted by atomic mass is 16.5. The van der Waals surface area contributed by atoms with E-state index >= 15 is 0 Å². The summed E-state index contributed by atoms with van der Waals surface area (Å²) in [6, 6.07) is 23.7. The van der Waals surface area contributed by atoms with E-state index in [-0.39, 0.29) is 0 Å². The van der Waals surface area contributed by atoms with Crippen molar-refractivity contribution in [2.45, 2.75) is 13.1 Å². The SMILES string of the molecule is c1ccc2c(CNc3[nH]c4ccccc4[n+]3CC[NH+]3CCOCC3)cccc2c1. The summed E-state index contributed by atoms with van der Waals surface area (Å²) in [6.07, 6.45) is 0. The Morgan fingerprint density at radius 2 is 1.72 bits per heavy atom. The van der Waals surface area contributed by atoms with Gasteiger partial charge in [-0.15, -0.1) is 0 Å². The number of nitrogens with zero attached hydrogens (tertiary/aromatic N) is 1. The molecule has 0 unspecified atom stereocenters. The van der Waals surface area contributed by atoms with Crippen LogP contribution in [0.2, 0.25) is 0 Å². The number of quaternary nitrogens is 1. The first kappa shape index (κ1) is 18.2. The van der Waals surface area contributed by atoms with Gasteiger partial charge in [-0.3, -0.25) is 5.32 Å². The first-order valence-electron chi connectivity index (χ1n) is 10.5. The Morgan fingerprint density at radius 1 is 0.931 bits per heavy atom. The first-order chi connectivity index (χ1) is 14.4. The zero-order chi connectivity index (χ0) is 19.5. The highest BCUT2D eigenvalue weighted by Gasteiger charge is 2.20. The maximum absolute atomic E-state index is 5.51. The fourth-order valence-corrected chi connectivity index (χ4v) is 4.31. The van der Waals surface area contributed by atoms with Crippen molar-refractivity contribution in [1.29, 1.82) is 0 Å². The van der Waals surface area contributed by atoms with Gasteiger partial charge in [0.2, 0.25) is 0 Å². The van der Waals surface area contributed by atoms with E-state index in [9.17, 15) is 0 Å². The molecule has 0 bridgehead atoms. The summed E-state index contributed by atoms with van der Waals surface area (Å²) in [4.78, 5) is 5.21. The molecule has 1 aliphatic heterocycles. The molecule has 0 amide bonds. The van der Waals surface area contributed by atoms with Gasteiger partial charge >= 0.3 is 5.95 Å². The maximum Gasteiger partial charge on any atom is 0.356 e. The average Bonchev–Trinajstić information content (AvgIpc) is 3.14. The summed E-state index contributed by atoms with van der Waals surface area (Å²) in [6.45, 7) is 6.83. The largest absolute Gasteiger partial charge is 0.370 e. The van der Waals surface area contributed by atoms with E-state index < -0.39 is 0 Å². The smallest absolute Gasteiger partial charge is 0.356 e. The van der Waals surface area contributed by atoms with Crippen LogP contribution in [0.3, 0.4) is 0 Å². The van der Waals surface area contributed by atoms with Crippen molar-refractivity contribution in [3.8, 4) is 0 Å². The summed E-state index contributed by atoms with van der Waals surface area (Å²) in [5, 5.41) is 6.27. The van der Waals surface area contributed by atoms with Crippen molar-refractivity contribution in [3.63, 3.8) is 0 Å². The van der Waals surface area contributed by atoms with Crippen molar-refractivity contribution in [2.24, 2.45) is 0 Å². The molecule has 4 aromatic rings. The molecule has 3 N–H and O–H groups in total. The van der Waals surface area contributed by atoms with E-state index in [1.165, 1.54) is 27.4 Å². The molecule has 0 aliphatic carbocycles. The van der Waals surface area contributed by atoms with E-state index in [1.807, 2.05) is 0 Å². The van der Waals surface area contributed by atoms with Gasteiger partial charge in [-0.25, -0.2) is 9.55 Å². The van der Waals surface area contributed by atoms with E-state index in [0.717, 1.165) is 51.9 Å². The zero-order valence-corrected chi connectivity index (χ0v) is 16.7. The van der Waals surface area contributed by atoms with Crippen LogP contribution < -0.4 is 14.8 Å². The normalized spacial score (nSPS) is 15.2. The zero-order valence-electron chi connectivity index (χ0n) is 16.7. The van der Waals surface area contributed by atoms with Crippen LogP contribution in [0.4, 0.5) is 5.95 Å². The molecular weight excluding hydrogens is 360 g/mol. The molecule has 5 rings (SSSR count). The Kier molecular flexibility index (Phi) is 5.15. The minimum absolute atomic E-state index is 0.790. The molecule has 1 saturated heterocycles. The number of H-pyrrole nitrogens is 1. The van der Waals surface area contributed by atoms with Gasteiger partial charge in [0.05, 0.1) is 19.8 Å². The number of ether oxygens (including phenoxy) is 1. The summed E-state index contributed by atoms with van der Waals surface area (Å²) in [5.41, 5.74) is 3.73. The van der Waals surface area contributed by atoms with Crippen LogP contribution in [0.5, 0.6) is 0 Å². The van der Waals surface area contributed by atoms with E-state index in [4.69, 9.17) is 4.74 Å². The van der Waals surface area contributed by atoms with Crippen LogP contribution in [0, 0.1) is 0 Å². The summed E-state index contributed by atoms with van der Waals surface area (Å²) >= 11 is 0. The lowest BCUT2D eigenvalue weighted by atomic mass is 10.0. The fourth-order valence-electron chi connectivity index (χ4n) is 4.31. The van der Waals surface area contributed by atoms with Crippen molar-refractivity contribution >= 4 is 27.8 Å². The third kappa shape index (κ3) is 3.84. The number of aromatic nitrogens is 2. The number of morpholine rings is 1. The molecule has 0 radical (unpaired) electrons. The average molecular weight is 389 g/mol. The summed E-state index contributed by atoms with van der Waals surface area (Å²) in [5.74, 6) is 1.08. The molecule has 2 heterocycles. The monoisotopic (exact) mass is 388 g/mol. The number of anilines is 1. The quantitative estimate of drug-likeness (QED) is 0.443. The number of para-hydroxylation sites is 2. The van der Waals surface area contributed by atoms with Gasteiger partial charge in [-0.2, -0.15) is 0 Å². The number of imidazole rings is 1. The fraction of sp³-hybridized carbons (Fsp3) is 0.292. The van der Waals surface area contributed by atoms with Gasteiger partial charge in [0.15, 0.2) is 0 Å². The van der Waals surface area contributed by atoms with Crippen molar-refractivity contribution in [3.05, 3.63) is 72.3 Å². The molecule has 1 aromatic heterocycles. The Bertz CT molecular complexity index is 1110. The Hall–Kier alpha value is -2.89. The number of nitrogens with one attached hydrogen (secondary N) is 3. The molecule has 1 aliphatic rings. The van der Waals surface area contributed by atoms with Crippen LogP contribution >= 0.6 is 0 Å². The Morgan fingerprint density at radius 3 is 2.66 bits per heavy atom. The predicted octanol–water partition coefficient (Wildman–Crippen LogP) is 2.14. The predicted molar refractivity (Wildman–Crippen MR) is 116 cm³/mol. The second kappa shape index (κ2) is 8.23. The van der Waals surface area contributed by atoms with Crippen LogP contribution in [-0.4, -0.2) is 37.8 Å². The van der Waals surface area contributed by atoms with Crippen LogP contribution in [-0.2, 0) is 17.8 Å². The molecule has 5 nitrogen and oxygen atoms in total. The number of hydrogen-bond acceptors (Lipinski definition) is 2. The van der Waals surface area contributed by atoms with E-state index in [1.54, 1.807) is 4.90 Å². The van der Waals surface area contributed by atoms with Gasteiger partial charge in [0.25, 0.3) is 0 Å². The lowest BCUT2D eigenvalue weighted by Crippen LogP contribution is -3.14. The highest BCUT2D eigenvalue weighted by molar-refractivity contribution is 5.85. The minimum Gasteiger partial charge on any atom is -0.370 e. The molecule has 29 heavy (non-hydrogen) atoms. The number of benzene rings is 3. The molecule has 0 atom stereocenters. The molecule has 5 heteroatoms. The van der Waals surface area contributed by atoms with Gasteiger partial charge in [-0.1, -0.05) is 54.6 Å². The van der Waals surface area contributed by atoms with Crippen LogP contribution in [0.25, 0.3) is 21.8 Å². The highest BCUT2D eigenvalue weighted by Crippen LogP contribution is 2.19. The molecule has 148 valence electrons. The minimum atomic E-state index is 0.790. The Balaban J connectivity index is 1.40. The number of fused-ring (bicyclic) bond motifs is 2. The van der Waals surface area contributed by atoms with Crippen molar-refractivity contribution < 1.29 is 14.2 Å². The second-order valence-corrected chi connectivity index (χ2v) is 7.75. The summed E-state index contributed by atoms with van der Waals surface area (Å²) in [7, 11) is 0. The molecule has 0 saturated carbocycles. The number of hydrogen-bond donors (Lipinski definition) is 3.